The molecule has 0 spiro atoms. The number of nitrogens with one attached hydrogen (secondary N) is 1. The van der Waals surface area contributed by atoms with Gasteiger partial charge in [0.1, 0.15) is 29.7 Å². The number of piperidine rings is 1. The summed E-state index contributed by atoms with van der Waals surface area (Å²) in [6, 6.07) is 11.6. The van der Waals surface area contributed by atoms with E-state index in [0.29, 0.717) is 37.6 Å². The average Bonchev–Trinajstić information content (AvgIpc) is 3.23. The van der Waals surface area contributed by atoms with Crippen LogP contribution in [0.2, 0.25) is 0 Å². The largest absolute Gasteiger partial charge is 0.393 e. The van der Waals surface area contributed by atoms with E-state index < -0.39 is 18.1 Å². The van der Waals surface area contributed by atoms with Gasteiger partial charge in [-0.15, -0.1) is 0 Å². The fraction of sp³-hybridized carbons (Fsp3) is 0.462. The Morgan fingerprint density at radius 3 is 2.32 bits per heavy atom. The summed E-state index contributed by atoms with van der Waals surface area (Å²) < 4.78 is 66.5. The van der Waals surface area contributed by atoms with Gasteiger partial charge in [-0.3, -0.25) is 14.7 Å². The van der Waals surface area contributed by atoms with Crippen molar-refractivity contribution in [1.82, 2.24) is 14.7 Å². The minimum Gasteiger partial charge on any atom is -0.363 e. The van der Waals surface area contributed by atoms with E-state index in [1.54, 1.807) is 34.1 Å². The molecule has 1 N–H and O–H groups in total. The van der Waals surface area contributed by atoms with Crippen LogP contribution in [0.1, 0.15) is 24.4 Å². The van der Waals surface area contributed by atoms with E-state index in [0.717, 1.165) is 5.56 Å². The van der Waals surface area contributed by atoms with Gasteiger partial charge in [0, 0.05) is 25.3 Å². The van der Waals surface area contributed by atoms with Gasteiger partial charge in [0.2, 0.25) is 5.91 Å². The second kappa shape index (κ2) is 10.3. The Kier molecular flexibility index (Phi) is 7.06. The minimum atomic E-state index is -4.26. The zero-order chi connectivity index (χ0) is 26.2. The van der Waals surface area contributed by atoms with Crippen LogP contribution in [-0.2, 0) is 4.79 Å². The second-order valence-electron chi connectivity index (χ2n) is 9.76. The van der Waals surface area contributed by atoms with Crippen molar-refractivity contribution in [3.8, 4) is 0 Å². The summed E-state index contributed by atoms with van der Waals surface area (Å²) in [5.74, 6) is -1.68. The lowest BCUT2D eigenvalue weighted by Crippen LogP contribution is -2.57. The molecule has 11 heteroatoms. The Labute approximate surface area is 211 Å². The molecule has 2 aromatic carbocycles. The third kappa shape index (κ3) is 5.71. The van der Waals surface area contributed by atoms with Crippen LogP contribution in [0.15, 0.2) is 53.5 Å². The van der Waals surface area contributed by atoms with Gasteiger partial charge >= 0.3 is 6.18 Å². The zero-order valence-electron chi connectivity index (χ0n) is 20.1. The van der Waals surface area contributed by atoms with Crippen molar-refractivity contribution in [3.05, 3.63) is 65.7 Å². The number of amides is 1. The van der Waals surface area contributed by atoms with Gasteiger partial charge in [-0.05, 0) is 61.3 Å². The van der Waals surface area contributed by atoms with Crippen molar-refractivity contribution in [2.24, 2.45) is 10.9 Å². The molecule has 2 fully saturated rings. The number of hydrogen-bond donors (Lipinski definition) is 1. The summed E-state index contributed by atoms with van der Waals surface area (Å²) in [6.45, 7) is 1.34. The summed E-state index contributed by atoms with van der Waals surface area (Å²) in [7, 11) is 0. The van der Waals surface area contributed by atoms with Gasteiger partial charge in [-0.1, -0.05) is 12.1 Å². The van der Waals surface area contributed by atoms with Crippen molar-refractivity contribution in [2.45, 2.75) is 31.2 Å². The summed E-state index contributed by atoms with van der Waals surface area (Å²) in [4.78, 5) is 23.2. The van der Waals surface area contributed by atoms with Crippen LogP contribution in [0.4, 0.5) is 27.6 Å². The lowest BCUT2D eigenvalue weighted by Gasteiger charge is -2.40. The predicted molar refractivity (Wildman–Crippen MR) is 129 cm³/mol. The van der Waals surface area contributed by atoms with Crippen molar-refractivity contribution in [1.29, 1.82) is 0 Å². The van der Waals surface area contributed by atoms with E-state index in [1.807, 2.05) is 4.90 Å². The SMILES string of the molecule is O=C(CN1CCCC(C(F)(F)F)C1)N1CCN2C(=NC(c3ccc(F)cc3)C2Nc2ccc(F)cc2)C1. The Morgan fingerprint density at radius 2 is 1.65 bits per heavy atom. The molecule has 1 amide bonds. The van der Waals surface area contributed by atoms with Gasteiger partial charge in [0.25, 0.3) is 0 Å². The van der Waals surface area contributed by atoms with Crippen LogP contribution >= 0.6 is 0 Å². The normalized spacial score (nSPS) is 24.6. The Bertz CT molecular complexity index is 1140. The average molecular weight is 522 g/mol. The number of nitrogens with zero attached hydrogens (tertiary/aromatic N) is 4. The molecule has 0 aromatic heterocycles. The first-order valence-corrected chi connectivity index (χ1v) is 12.3. The highest BCUT2D eigenvalue weighted by Crippen LogP contribution is 2.35. The zero-order valence-corrected chi connectivity index (χ0v) is 20.1. The molecule has 3 heterocycles. The quantitative estimate of drug-likeness (QED) is 0.598. The van der Waals surface area contributed by atoms with Crippen molar-refractivity contribution in [2.75, 3.05) is 44.6 Å². The number of aliphatic imine (C=N–C) groups is 1. The van der Waals surface area contributed by atoms with Crippen LogP contribution in [0.25, 0.3) is 0 Å². The van der Waals surface area contributed by atoms with Crippen molar-refractivity contribution in [3.63, 3.8) is 0 Å². The van der Waals surface area contributed by atoms with Gasteiger partial charge in [0.05, 0.1) is 19.0 Å². The minimum absolute atomic E-state index is 0.0570. The van der Waals surface area contributed by atoms with E-state index in [9.17, 15) is 26.7 Å². The third-order valence-electron chi connectivity index (χ3n) is 7.25. The number of amidine groups is 1. The number of benzene rings is 2. The molecule has 2 saturated heterocycles. The third-order valence-corrected chi connectivity index (χ3v) is 7.25. The number of likely N-dealkylation sites (tertiary alicyclic amines) is 1. The topological polar surface area (TPSA) is 51.2 Å². The number of anilines is 1. The van der Waals surface area contributed by atoms with Gasteiger partial charge in [0.15, 0.2) is 0 Å². The lowest BCUT2D eigenvalue weighted by atomic mass is 9.97. The van der Waals surface area contributed by atoms with E-state index in [1.165, 1.54) is 24.3 Å². The first-order chi connectivity index (χ1) is 17.7. The van der Waals surface area contributed by atoms with Gasteiger partial charge in [-0.25, -0.2) is 8.78 Å². The molecule has 2 aromatic rings. The first kappa shape index (κ1) is 25.4. The number of carbonyl (C=O) groups excluding carboxylic acids is 1. The number of piperazine rings is 1. The fourth-order valence-corrected chi connectivity index (χ4v) is 5.28. The maximum atomic E-state index is 13.6. The summed E-state index contributed by atoms with van der Waals surface area (Å²) in [5, 5.41) is 3.39. The molecule has 0 saturated carbocycles. The molecule has 3 aliphatic rings. The molecule has 5 rings (SSSR count). The summed E-state index contributed by atoms with van der Waals surface area (Å²) in [5.41, 5.74) is 1.48. The van der Waals surface area contributed by atoms with E-state index in [4.69, 9.17) is 4.99 Å². The van der Waals surface area contributed by atoms with Crippen LogP contribution in [0, 0.1) is 17.6 Å². The lowest BCUT2D eigenvalue weighted by molar-refractivity contribution is -0.187. The Balaban J connectivity index is 1.30. The number of carbonyl (C=O) groups is 1. The molecule has 3 atom stereocenters. The smallest absolute Gasteiger partial charge is 0.363 e. The van der Waals surface area contributed by atoms with Crippen molar-refractivity contribution < 1.29 is 26.7 Å². The molecule has 198 valence electrons. The van der Waals surface area contributed by atoms with Crippen LogP contribution in [0.3, 0.4) is 0 Å². The monoisotopic (exact) mass is 521 g/mol. The molecular formula is C26H28F5N5O. The molecular weight excluding hydrogens is 493 g/mol. The van der Waals surface area contributed by atoms with Crippen LogP contribution in [-0.4, -0.2) is 78.1 Å². The molecule has 37 heavy (non-hydrogen) atoms. The highest BCUT2D eigenvalue weighted by Gasteiger charge is 2.43. The summed E-state index contributed by atoms with van der Waals surface area (Å²) >= 11 is 0. The maximum absolute atomic E-state index is 13.6. The Morgan fingerprint density at radius 1 is 0.973 bits per heavy atom. The first-order valence-electron chi connectivity index (χ1n) is 12.3. The van der Waals surface area contributed by atoms with Gasteiger partial charge in [-0.2, -0.15) is 13.2 Å². The number of alkyl halides is 3. The van der Waals surface area contributed by atoms with E-state index in [-0.39, 0.29) is 49.8 Å². The standard InChI is InChI=1S/C26H28F5N5O/c27-19-5-3-17(4-6-19)24-25(32-21-9-7-20(28)8-10-21)36-13-12-35(15-22(36)33-24)23(37)16-34-11-1-2-18(14-34)26(29,30)31/h3-10,18,24-25,32H,1-2,11-16H2. The van der Waals surface area contributed by atoms with E-state index in [2.05, 4.69) is 5.32 Å². The number of hydrogen-bond acceptors (Lipinski definition) is 5. The molecule has 0 aliphatic carbocycles. The number of halogens is 5. The molecule has 3 aliphatic heterocycles. The molecule has 0 bridgehead atoms. The number of fused-ring (bicyclic) bond motifs is 1. The van der Waals surface area contributed by atoms with E-state index >= 15 is 0 Å². The molecule has 6 nitrogen and oxygen atoms in total. The highest BCUT2D eigenvalue weighted by molar-refractivity contribution is 5.92. The van der Waals surface area contributed by atoms with Crippen LogP contribution in [0.5, 0.6) is 0 Å². The number of rotatable bonds is 5. The maximum Gasteiger partial charge on any atom is 0.393 e. The van der Waals surface area contributed by atoms with Crippen molar-refractivity contribution >= 4 is 17.4 Å². The van der Waals surface area contributed by atoms with Crippen LogP contribution < -0.4 is 5.32 Å². The second-order valence-corrected chi connectivity index (χ2v) is 9.76. The summed E-state index contributed by atoms with van der Waals surface area (Å²) in [6.07, 6.45) is -4.09. The molecule has 3 unspecified atom stereocenters. The fourth-order valence-electron chi connectivity index (χ4n) is 5.28. The predicted octanol–water partition coefficient (Wildman–Crippen LogP) is 4.27. The highest BCUT2D eigenvalue weighted by atomic mass is 19.4. The van der Waals surface area contributed by atoms with Gasteiger partial charge < -0.3 is 15.1 Å². The Hall–Kier alpha value is -3.21. The molecule has 0 radical (unpaired) electrons.